The van der Waals surface area contributed by atoms with Crippen molar-refractivity contribution in [2.24, 2.45) is 0 Å². The van der Waals surface area contributed by atoms with Crippen LogP contribution < -0.4 is 14.8 Å². The molecule has 0 saturated carbocycles. The fourth-order valence-corrected chi connectivity index (χ4v) is 4.72. The van der Waals surface area contributed by atoms with Gasteiger partial charge >= 0.3 is 12.1 Å². The number of carbonyl (C=O) groups excluding carboxylic acids is 1. The lowest BCUT2D eigenvalue weighted by atomic mass is 9.69. The highest BCUT2D eigenvalue weighted by molar-refractivity contribution is 5.82. The molecule has 5 rings (SSSR count). The second-order valence-electron chi connectivity index (χ2n) is 8.55. The number of hydrogen-bond acceptors (Lipinski definition) is 5. The van der Waals surface area contributed by atoms with Crippen LogP contribution in [0.25, 0.3) is 0 Å². The smallest absolute Gasteiger partial charge is 0.485 e. The number of carbonyl (C=O) groups is 2. The largest absolute Gasteiger partial charge is 0.490 e. The van der Waals surface area contributed by atoms with Gasteiger partial charge in [-0.3, -0.25) is 4.79 Å². The lowest BCUT2D eigenvalue weighted by molar-refractivity contribution is -0.192. The minimum Gasteiger partial charge on any atom is -0.485 e. The number of aliphatic carboxylic acids is 1. The van der Waals surface area contributed by atoms with Gasteiger partial charge in [-0.25, -0.2) is 4.79 Å². The highest BCUT2D eigenvalue weighted by Gasteiger charge is 2.43. The van der Waals surface area contributed by atoms with Crippen LogP contribution in [0.1, 0.15) is 24.0 Å². The Labute approximate surface area is 194 Å². The molecule has 1 atom stereocenters. The fraction of sp³-hybridized carbons (Fsp3) is 0.417. The first-order chi connectivity index (χ1) is 16.2. The van der Waals surface area contributed by atoms with E-state index in [0.717, 1.165) is 32.5 Å². The third kappa shape index (κ3) is 4.96. The first-order valence-electron chi connectivity index (χ1n) is 11.0. The Morgan fingerprint density at radius 3 is 2.32 bits per heavy atom. The van der Waals surface area contributed by atoms with E-state index in [9.17, 15) is 18.0 Å². The van der Waals surface area contributed by atoms with Gasteiger partial charge in [0.25, 0.3) is 5.91 Å². The summed E-state index contributed by atoms with van der Waals surface area (Å²) in [5, 5.41) is 10.6. The third-order valence-corrected chi connectivity index (χ3v) is 6.34. The molecule has 2 N–H and O–H groups in total. The number of benzene rings is 2. The number of alkyl halides is 3. The number of amides is 1. The lowest BCUT2D eigenvalue weighted by Crippen LogP contribution is -2.55. The molecule has 3 heterocycles. The maximum Gasteiger partial charge on any atom is 0.490 e. The van der Waals surface area contributed by atoms with Gasteiger partial charge < -0.3 is 24.8 Å². The Morgan fingerprint density at radius 1 is 1.03 bits per heavy atom. The number of fused-ring (bicyclic) bond motifs is 3. The number of halogens is 3. The number of nitrogens with one attached hydrogen (secondary N) is 1. The maximum absolute atomic E-state index is 13.3. The van der Waals surface area contributed by atoms with Crippen molar-refractivity contribution >= 4 is 11.9 Å². The van der Waals surface area contributed by atoms with Gasteiger partial charge in [-0.2, -0.15) is 13.2 Å². The molecule has 1 saturated heterocycles. The molecule has 1 amide bonds. The third-order valence-electron chi connectivity index (χ3n) is 6.34. The van der Waals surface area contributed by atoms with Gasteiger partial charge in [0.05, 0.1) is 0 Å². The highest BCUT2D eigenvalue weighted by atomic mass is 19.4. The van der Waals surface area contributed by atoms with Gasteiger partial charge in [-0.15, -0.1) is 0 Å². The van der Waals surface area contributed by atoms with Gasteiger partial charge in [0.2, 0.25) is 6.10 Å². The molecule has 1 unspecified atom stereocenters. The zero-order valence-corrected chi connectivity index (χ0v) is 18.3. The average molecular weight is 478 g/mol. The molecule has 0 radical (unpaired) electrons. The van der Waals surface area contributed by atoms with E-state index in [0.29, 0.717) is 18.0 Å². The molecule has 3 aliphatic rings. The molecule has 2 aromatic rings. The maximum atomic E-state index is 13.3. The number of carboxylic acid groups (broad SMARTS) is 1. The highest BCUT2D eigenvalue weighted by Crippen LogP contribution is 2.41. The number of rotatable bonds is 1. The molecule has 10 heteroatoms. The first kappa shape index (κ1) is 23.9. The van der Waals surface area contributed by atoms with E-state index in [2.05, 4.69) is 29.6 Å². The summed E-state index contributed by atoms with van der Waals surface area (Å²) in [5.41, 5.74) is 2.72. The van der Waals surface area contributed by atoms with E-state index >= 15 is 0 Å². The molecule has 7 nitrogen and oxygen atoms in total. The van der Waals surface area contributed by atoms with Crippen LogP contribution in [-0.2, 0) is 21.5 Å². The molecule has 3 aliphatic heterocycles. The van der Waals surface area contributed by atoms with Crippen LogP contribution in [0, 0.1) is 0 Å². The van der Waals surface area contributed by atoms with Crippen molar-refractivity contribution in [1.82, 2.24) is 10.2 Å². The Bertz CT molecular complexity index is 1050. The molecule has 182 valence electrons. The van der Waals surface area contributed by atoms with Crippen molar-refractivity contribution in [1.29, 1.82) is 0 Å². The summed E-state index contributed by atoms with van der Waals surface area (Å²) < 4.78 is 43.5. The number of nitrogens with zero attached hydrogens (tertiary/aromatic N) is 1. The van der Waals surface area contributed by atoms with Crippen molar-refractivity contribution in [3.05, 3.63) is 59.7 Å². The molecule has 0 aromatic heterocycles. The summed E-state index contributed by atoms with van der Waals surface area (Å²) in [6, 6.07) is 16.1. The summed E-state index contributed by atoms with van der Waals surface area (Å²) in [6.45, 7) is 3.65. The molecule has 1 spiro atoms. The van der Waals surface area contributed by atoms with E-state index < -0.39 is 18.2 Å². The lowest BCUT2D eigenvalue weighted by Gasteiger charge is -2.47. The SMILES string of the molecule is O=C(C1COc2ccccc2O1)N1Cc2ccccc2C2(CCNCC2)C1.O=C(O)C(F)(F)F. The monoisotopic (exact) mass is 478 g/mol. The van der Waals surface area contributed by atoms with Crippen LogP contribution in [0.2, 0.25) is 0 Å². The predicted molar refractivity (Wildman–Crippen MR) is 116 cm³/mol. The minimum atomic E-state index is -5.08. The molecule has 0 aliphatic carbocycles. The number of para-hydroxylation sites is 2. The van der Waals surface area contributed by atoms with E-state index in [1.165, 1.54) is 11.1 Å². The van der Waals surface area contributed by atoms with Gasteiger partial charge in [-0.1, -0.05) is 36.4 Å². The summed E-state index contributed by atoms with van der Waals surface area (Å²) in [4.78, 5) is 24.2. The number of piperidine rings is 1. The number of carboxylic acids is 1. The molecule has 34 heavy (non-hydrogen) atoms. The van der Waals surface area contributed by atoms with E-state index in [4.69, 9.17) is 19.4 Å². The molecular weight excluding hydrogens is 453 g/mol. The number of ether oxygens (including phenoxy) is 2. The van der Waals surface area contributed by atoms with Gasteiger partial charge in [-0.05, 0) is 49.2 Å². The van der Waals surface area contributed by atoms with E-state index in [-0.39, 0.29) is 17.9 Å². The number of hydrogen-bond donors (Lipinski definition) is 2. The second-order valence-corrected chi connectivity index (χ2v) is 8.55. The van der Waals surface area contributed by atoms with Crippen LogP contribution >= 0.6 is 0 Å². The summed E-state index contributed by atoms with van der Waals surface area (Å²) in [5.74, 6) is -1.37. The van der Waals surface area contributed by atoms with Crippen molar-refractivity contribution in [3.63, 3.8) is 0 Å². The van der Waals surface area contributed by atoms with Crippen molar-refractivity contribution < 1.29 is 37.3 Å². The molecular formula is C24H25F3N2O5. The normalized spacial score (nSPS) is 20.6. The van der Waals surface area contributed by atoms with Crippen LogP contribution in [0.4, 0.5) is 13.2 Å². The van der Waals surface area contributed by atoms with Gasteiger partial charge in [0.1, 0.15) is 6.61 Å². The Morgan fingerprint density at radius 2 is 1.65 bits per heavy atom. The summed E-state index contributed by atoms with van der Waals surface area (Å²) in [7, 11) is 0. The van der Waals surface area contributed by atoms with Crippen LogP contribution in [0.3, 0.4) is 0 Å². The van der Waals surface area contributed by atoms with E-state index in [1.54, 1.807) is 0 Å². The predicted octanol–water partition coefficient (Wildman–Crippen LogP) is 3.12. The van der Waals surface area contributed by atoms with Gasteiger partial charge in [0.15, 0.2) is 11.5 Å². The quantitative estimate of drug-likeness (QED) is 0.655. The van der Waals surface area contributed by atoms with Crippen molar-refractivity contribution in [3.8, 4) is 11.5 Å². The molecule has 1 fully saturated rings. The minimum absolute atomic E-state index is 0.0249. The Balaban J connectivity index is 0.000000344. The topological polar surface area (TPSA) is 88.1 Å². The fourth-order valence-electron chi connectivity index (χ4n) is 4.72. The molecule has 0 bridgehead atoms. The zero-order chi connectivity index (χ0) is 24.3. The molecule has 2 aromatic carbocycles. The first-order valence-corrected chi connectivity index (χ1v) is 11.0. The van der Waals surface area contributed by atoms with Crippen molar-refractivity contribution in [2.75, 3.05) is 26.2 Å². The average Bonchev–Trinajstić information content (AvgIpc) is 2.83. The van der Waals surface area contributed by atoms with Crippen LogP contribution in [-0.4, -0.2) is 60.4 Å². The zero-order valence-electron chi connectivity index (χ0n) is 18.3. The Kier molecular flexibility index (Phi) is 6.70. The van der Waals surface area contributed by atoms with Crippen molar-refractivity contribution in [2.45, 2.75) is 37.1 Å². The second kappa shape index (κ2) is 9.54. The summed E-state index contributed by atoms with van der Waals surface area (Å²) in [6.07, 6.45) is -3.55. The van der Waals surface area contributed by atoms with Gasteiger partial charge in [0, 0.05) is 18.5 Å². The van der Waals surface area contributed by atoms with E-state index in [1.807, 2.05) is 29.2 Å². The standard InChI is InChI=1S/C22H24N2O3.C2HF3O2/c25-21(20-14-26-18-7-3-4-8-19(18)27-20)24-13-16-5-1-2-6-17(16)22(15-24)9-11-23-12-10-22;3-2(4,5)1(6)7/h1-8,20,23H,9-15H2;(H,6,7). The Hall–Kier alpha value is -3.27. The van der Waals surface area contributed by atoms with Crippen LogP contribution in [0.15, 0.2) is 48.5 Å². The van der Waals surface area contributed by atoms with Crippen LogP contribution in [0.5, 0.6) is 11.5 Å². The summed E-state index contributed by atoms with van der Waals surface area (Å²) >= 11 is 0.